The molecule has 0 aromatic carbocycles. The van der Waals surface area contributed by atoms with Gasteiger partial charge in [-0.3, -0.25) is 4.68 Å². The van der Waals surface area contributed by atoms with Crippen LogP contribution < -0.4 is 4.72 Å². The molecule has 7 nitrogen and oxygen atoms in total. The Morgan fingerprint density at radius 1 is 1.53 bits per heavy atom. The third-order valence-corrected chi connectivity index (χ3v) is 4.57. The van der Waals surface area contributed by atoms with Gasteiger partial charge in [0.2, 0.25) is 10.0 Å². The number of likely N-dealkylation sites (N-methyl/N-ethyl adjacent to an activating group) is 1. The maximum Gasteiger partial charge on any atom is 0.245 e. The molecule has 0 aliphatic carbocycles. The van der Waals surface area contributed by atoms with Gasteiger partial charge in [0, 0.05) is 20.1 Å². The second kappa shape index (κ2) is 6.19. The molecule has 0 fully saturated rings. The molecule has 0 saturated heterocycles. The van der Waals surface area contributed by atoms with Gasteiger partial charge in [-0.25, -0.2) is 13.1 Å². The molecule has 0 radical (unpaired) electrons. The molecule has 0 saturated carbocycles. The van der Waals surface area contributed by atoms with Crippen molar-refractivity contribution in [3.63, 3.8) is 0 Å². The van der Waals surface area contributed by atoms with Crippen LogP contribution in [0, 0.1) is 6.92 Å². The van der Waals surface area contributed by atoms with E-state index in [0.29, 0.717) is 12.2 Å². The molecule has 9 heteroatoms. The maximum absolute atomic E-state index is 12.1. The lowest BCUT2D eigenvalue weighted by Gasteiger charge is -2.16. The quantitative estimate of drug-likeness (QED) is 0.745. The van der Waals surface area contributed by atoms with E-state index >= 15 is 0 Å². The molecular weight excluding hydrogens is 292 g/mol. The average molecular weight is 311 g/mol. The number of hydrogen-bond donors (Lipinski definition) is 2. The molecule has 1 rings (SSSR count). The molecule has 1 aromatic rings. The minimum atomic E-state index is -3.78. The number of nitrogens with zero attached hydrogens (tertiary/aromatic N) is 3. The van der Waals surface area contributed by atoms with Crippen LogP contribution in [0.15, 0.2) is 4.90 Å². The SMILES string of the molecule is Cc1nn(C)c(Cl)c1S(=O)(=O)NC[C@@H](O)CN(C)C. The zero-order valence-electron chi connectivity index (χ0n) is 11.4. The van der Waals surface area contributed by atoms with Gasteiger partial charge in [0.05, 0.1) is 11.8 Å². The Hall–Kier alpha value is -0.670. The Morgan fingerprint density at radius 3 is 2.53 bits per heavy atom. The van der Waals surface area contributed by atoms with Crippen LogP contribution in [0.4, 0.5) is 0 Å². The molecule has 0 unspecified atom stereocenters. The third kappa shape index (κ3) is 4.15. The lowest BCUT2D eigenvalue weighted by atomic mass is 10.3. The van der Waals surface area contributed by atoms with Crippen molar-refractivity contribution in [2.45, 2.75) is 17.9 Å². The summed E-state index contributed by atoms with van der Waals surface area (Å²) in [5, 5.41) is 13.6. The minimum absolute atomic E-state index is 0.0475. The van der Waals surface area contributed by atoms with Crippen LogP contribution in [0.3, 0.4) is 0 Å². The Bertz CT molecular complexity index is 541. The van der Waals surface area contributed by atoms with Crippen molar-refractivity contribution < 1.29 is 13.5 Å². The van der Waals surface area contributed by atoms with Crippen LogP contribution in [-0.4, -0.2) is 61.5 Å². The normalized spacial score (nSPS) is 14.1. The summed E-state index contributed by atoms with van der Waals surface area (Å²) in [5.74, 6) is 0. The highest BCUT2D eigenvalue weighted by Crippen LogP contribution is 2.23. The molecule has 1 heterocycles. The van der Waals surface area contributed by atoms with Crippen molar-refractivity contribution in [1.82, 2.24) is 19.4 Å². The minimum Gasteiger partial charge on any atom is -0.390 e. The highest BCUT2D eigenvalue weighted by molar-refractivity contribution is 7.89. The fourth-order valence-corrected chi connectivity index (χ4v) is 3.50. The standard InChI is InChI=1S/C10H19ClN4O3S/c1-7-9(10(11)15(4)13-7)19(17,18)12-5-8(16)6-14(2)3/h8,12,16H,5-6H2,1-4H3/t8-/m1/s1. The second-order valence-electron chi connectivity index (χ2n) is 4.60. The Labute approximate surface area is 118 Å². The summed E-state index contributed by atoms with van der Waals surface area (Å²) < 4.78 is 27.8. The third-order valence-electron chi connectivity index (χ3n) is 2.45. The van der Waals surface area contributed by atoms with Gasteiger partial charge in [0.15, 0.2) is 0 Å². The first-order valence-corrected chi connectivity index (χ1v) is 7.53. The van der Waals surface area contributed by atoms with Crippen molar-refractivity contribution >= 4 is 21.6 Å². The first-order chi connectivity index (χ1) is 8.65. The van der Waals surface area contributed by atoms with Gasteiger partial charge in [0.1, 0.15) is 10.0 Å². The van der Waals surface area contributed by atoms with Gasteiger partial charge < -0.3 is 10.0 Å². The lowest BCUT2D eigenvalue weighted by Crippen LogP contribution is -2.37. The summed E-state index contributed by atoms with van der Waals surface area (Å²) in [6.45, 7) is 1.85. The Balaban J connectivity index is 2.82. The van der Waals surface area contributed by atoms with Crippen LogP contribution in [0.25, 0.3) is 0 Å². The first-order valence-electron chi connectivity index (χ1n) is 5.66. The molecule has 0 aliphatic rings. The zero-order chi connectivity index (χ0) is 14.8. The van der Waals surface area contributed by atoms with E-state index in [2.05, 4.69) is 9.82 Å². The summed E-state index contributed by atoms with van der Waals surface area (Å²) in [5.41, 5.74) is 0.321. The zero-order valence-corrected chi connectivity index (χ0v) is 13.0. The lowest BCUT2D eigenvalue weighted by molar-refractivity contribution is 0.140. The summed E-state index contributed by atoms with van der Waals surface area (Å²) >= 11 is 5.91. The van der Waals surface area contributed by atoms with E-state index in [1.54, 1.807) is 33.0 Å². The van der Waals surface area contributed by atoms with E-state index < -0.39 is 16.1 Å². The number of aryl methyl sites for hydroxylation is 2. The van der Waals surface area contributed by atoms with Crippen molar-refractivity contribution in [3.8, 4) is 0 Å². The number of rotatable bonds is 6. The number of aliphatic hydroxyl groups is 1. The summed E-state index contributed by atoms with van der Waals surface area (Å²) in [7, 11) is 1.37. The number of aliphatic hydroxyl groups excluding tert-OH is 1. The van der Waals surface area contributed by atoms with Gasteiger partial charge >= 0.3 is 0 Å². The average Bonchev–Trinajstić information content (AvgIpc) is 2.50. The van der Waals surface area contributed by atoms with Crippen molar-refractivity contribution in [2.75, 3.05) is 27.2 Å². The number of sulfonamides is 1. The summed E-state index contributed by atoms with van der Waals surface area (Å²) in [4.78, 5) is 1.72. The fourth-order valence-electron chi connectivity index (χ4n) is 1.68. The van der Waals surface area contributed by atoms with Gasteiger partial charge in [0.25, 0.3) is 0 Å². The Morgan fingerprint density at radius 2 is 2.11 bits per heavy atom. The van der Waals surface area contributed by atoms with Crippen LogP contribution in [0.2, 0.25) is 5.15 Å². The monoisotopic (exact) mass is 310 g/mol. The van der Waals surface area contributed by atoms with Gasteiger partial charge in [-0.15, -0.1) is 0 Å². The highest BCUT2D eigenvalue weighted by Gasteiger charge is 2.25. The van der Waals surface area contributed by atoms with Crippen LogP contribution in [0.1, 0.15) is 5.69 Å². The number of nitrogens with one attached hydrogen (secondary N) is 1. The molecule has 0 amide bonds. The molecule has 110 valence electrons. The molecule has 1 atom stereocenters. The van der Waals surface area contributed by atoms with Crippen LogP contribution >= 0.6 is 11.6 Å². The fraction of sp³-hybridized carbons (Fsp3) is 0.700. The van der Waals surface area contributed by atoms with Gasteiger partial charge in [-0.1, -0.05) is 11.6 Å². The number of halogens is 1. The maximum atomic E-state index is 12.1. The van der Waals surface area contributed by atoms with Crippen molar-refractivity contribution in [3.05, 3.63) is 10.8 Å². The van der Waals surface area contributed by atoms with Crippen LogP contribution in [0.5, 0.6) is 0 Å². The van der Waals surface area contributed by atoms with E-state index in [-0.39, 0.29) is 16.6 Å². The number of hydrogen-bond acceptors (Lipinski definition) is 5. The molecular formula is C10H19ClN4O3S. The molecule has 19 heavy (non-hydrogen) atoms. The predicted molar refractivity (Wildman–Crippen MR) is 72.7 cm³/mol. The number of aromatic nitrogens is 2. The van der Waals surface area contributed by atoms with Crippen molar-refractivity contribution in [2.24, 2.45) is 7.05 Å². The van der Waals surface area contributed by atoms with Crippen LogP contribution in [-0.2, 0) is 17.1 Å². The second-order valence-corrected chi connectivity index (χ2v) is 6.66. The van der Waals surface area contributed by atoms with E-state index in [0.717, 1.165) is 0 Å². The van der Waals surface area contributed by atoms with Crippen molar-refractivity contribution in [1.29, 1.82) is 0 Å². The molecule has 1 aromatic heterocycles. The molecule has 0 bridgehead atoms. The van der Waals surface area contributed by atoms with E-state index in [4.69, 9.17) is 11.6 Å². The molecule has 0 spiro atoms. The van der Waals surface area contributed by atoms with Gasteiger partial charge in [-0.05, 0) is 21.0 Å². The smallest absolute Gasteiger partial charge is 0.245 e. The highest BCUT2D eigenvalue weighted by atomic mass is 35.5. The molecule has 2 N–H and O–H groups in total. The molecule has 0 aliphatic heterocycles. The Kier molecular flexibility index (Phi) is 5.34. The van der Waals surface area contributed by atoms with Gasteiger partial charge in [-0.2, -0.15) is 5.10 Å². The van der Waals surface area contributed by atoms with E-state index in [9.17, 15) is 13.5 Å². The largest absolute Gasteiger partial charge is 0.390 e. The van der Waals surface area contributed by atoms with E-state index in [1.807, 2.05) is 0 Å². The van der Waals surface area contributed by atoms with E-state index in [1.165, 1.54) is 4.68 Å². The first kappa shape index (κ1) is 16.4. The predicted octanol–water partition coefficient (Wildman–Crippen LogP) is -0.417. The topological polar surface area (TPSA) is 87.5 Å². The summed E-state index contributed by atoms with van der Waals surface area (Å²) in [6.07, 6.45) is -0.791. The summed E-state index contributed by atoms with van der Waals surface area (Å²) in [6, 6.07) is 0.